The molecule has 6 nitrogen and oxygen atoms in total. The Bertz CT molecular complexity index is 459. The third-order valence-corrected chi connectivity index (χ3v) is 2.42. The fourth-order valence-corrected chi connectivity index (χ4v) is 1.52. The minimum atomic E-state index is -0.380. The molecule has 1 N–H and O–H groups in total. The number of hydrogen-bond donors (Lipinski definition) is 1. The number of Topliss-reactive ketones (excluding diaryl/α,β-unsaturated/α-hetero) is 1. The van der Waals surface area contributed by atoms with Crippen LogP contribution in [0.4, 0.5) is 0 Å². The molecule has 0 fully saturated rings. The standard InChI is InChI=1S/C13H17NO5/c1-8(15)7-14-13(16)9-5-10(17-2)12(19-4)11(6-9)18-3/h5-6H,7H2,1-4H3,(H,14,16). The molecule has 0 spiro atoms. The number of rotatable bonds is 6. The summed E-state index contributed by atoms with van der Waals surface area (Å²) in [5.74, 6) is 0.674. The van der Waals surface area contributed by atoms with Crippen molar-refractivity contribution in [1.29, 1.82) is 0 Å². The maximum Gasteiger partial charge on any atom is 0.251 e. The van der Waals surface area contributed by atoms with Crippen LogP contribution in [0.5, 0.6) is 17.2 Å². The maximum absolute atomic E-state index is 11.9. The summed E-state index contributed by atoms with van der Waals surface area (Å²) in [6.07, 6.45) is 0. The van der Waals surface area contributed by atoms with Gasteiger partial charge in [-0.25, -0.2) is 0 Å². The Morgan fingerprint density at radius 1 is 1.05 bits per heavy atom. The van der Waals surface area contributed by atoms with Crippen molar-refractivity contribution in [2.45, 2.75) is 6.92 Å². The van der Waals surface area contributed by atoms with Gasteiger partial charge in [0.25, 0.3) is 5.91 Å². The Labute approximate surface area is 111 Å². The van der Waals surface area contributed by atoms with E-state index in [9.17, 15) is 9.59 Å². The minimum absolute atomic E-state index is 0.0184. The van der Waals surface area contributed by atoms with Crippen LogP contribution in [-0.2, 0) is 4.79 Å². The van der Waals surface area contributed by atoms with Crippen LogP contribution in [0.15, 0.2) is 12.1 Å². The summed E-state index contributed by atoms with van der Waals surface area (Å²) in [5, 5.41) is 2.50. The zero-order valence-electron chi connectivity index (χ0n) is 11.4. The van der Waals surface area contributed by atoms with Gasteiger partial charge < -0.3 is 19.5 Å². The van der Waals surface area contributed by atoms with Gasteiger partial charge in [0, 0.05) is 5.56 Å². The molecular weight excluding hydrogens is 250 g/mol. The second-order valence-electron chi connectivity index (χ2n) is 3.80. The number of nitrogens with one attached hydrogen (secondary N) is 1. The molecule has 0 heterocycles. The molecular formula is C13H17NO5. The van der Waals surface area contributed by atoms with E-state index in [1.54, 1.807) is 0 Å². The smallest absolute Gasteiger partial charge is 0.251 e. The average molecular weight is 267 g/mol. The van der Waals surface area contributed by atoms with Crippen molar-refractivity contribution < 1.29 is 23.8 Å². The molecule has 1 amide bonds. The first-order chi connectivity index (χ1) is 9.03. The lowest BCUT2D eigenvalue weighted by molar-refractivity contribution is -0.116. The highest BCUT2D eigenvalue weighted by Crippen LogP contribution is 2.38. The van der Waals surface area contributed by atoms with Gasteiger partial charge in [0.2, 0.25) is 5.75 Å². The van der Waals surface area contributed by atoms with Crippen LogP contribution in [0.1, 0.15) is 17.3 Å². The van der Waals surface area contributed by atoms with Gasteiger partial charge in [0.1, 0.15) is 5.78 Å². The highest BCUT2D eigenvalue weighted by atomic mass is 16.5. The van der Waals surface area contributed by atoms with Crippen molar-refractivity contribution >= 4 is 11.7 Å². The summed E-state index contributed by atoms with van der Waals surface area (Å²) >= 11 is 0. The summed E-state index contributed by atoms with van der Waals surface area (Å²) in [6.45, 7) is 1.38. The summed E-state index contributed by atoms with van der Waals surface area (Å²) in [4.78, 5) is 22.7. The molecule has 0 atom stereocenters. The van der Waals surface area contributed by atoms with Gasteiger partial charge >= 0.3 is 0 Å². The van der Waals surface area contributed by atoms with Crippen molar-refractivity contribution in [1.82, 2.24) is 5.32 Å². The molecule has 1 rings (SSSR count). The van der Waals surface area contributed by atoms with Crippen LogP contribution >= 0.6 is 0 Å². The summed E-state index contributed by atoms with van der Waals surface area (Å²) in [5.41, 5.74) is 0.329. The van der Waals surface area contributed by atoms with E-state index < -0.39 is 0 Å². The second-order valence-corrected chi connectivity index (χ2v) is 3.80. The fourth-order valence-electron chi connectivity index (χ4n) is 1.52. The molecule has 19 heavy (non-hydrogen) atoms. The highest BCUT2D eigenvalue weighted by molar-refractivity contribution is 5.97. The Balaban J connectivity index is 3.08. The predicted octanol–water partition coefficient (Wildman–Crippen LogP) is 1.03. The van der Waals surface area contributed by atoms with Gasteiger partial charge in [-0.1, -0.05) is 0 Å². The van der Waals surface area contributed by atoms with Crippen LogP contribution < -0.4 is 19.5 Å². The first-order valence-electron chi connectivity index (χ1n) is 5.61. The Hall–Kier alpha value is -2.24. The normalized spacial score (nSPS) is 9.68. The number of benzene rings is 1. The molecule has 104 valence electrons. The number of carbonyl (C=O) groups excluding carboxylic acids is 2. The predicted molar refractivity (Wildman–Crippen MR) is 69.1 cm³/mol. The zero-order chi connectivity index (χ0) is 14.4. The largest absolute Gasteiger partial charge is 0.493 e. The van der Waals surface area contributed by atoms with Gasteiger partial charge in [-0.2, -0.15) is 0 Å². The van der Waals surface area contributed by atoms with E-state index in [0.29, 0.717) is 22.8 Å². The van der Waals surface area contributed by atoms with E-state index in [-0.39, 0.29) is 18.2 Å². The molecule has 0 saturated carbocycles. The number of amides is 1. The van der Waals surface area contributed by atoms with Crippen molar-refractivity contribution in [3.8, 4) is 17.2 Å². The Kier molecular flexibility index (Phi) is 5.17. The Morgan fingerprint density at radius 3 is 1.95 bits per heavy atom. The average Bonchev–Trinajstić information content (AvgIpc) is 2.42. The monoisotopic (exact) mass is 267 g/mol. The topological polar surface area (TPSA) is 73.9 Å². The maximum atomic E-state index is 11.9. The summed E-state index contributed by atoms with van der Waals surface area (Å²) < 4.78 is 15.4. The van der Waals surface area contributed by atoms with Crippen molar-refractivity contribution in [2.24, 2.45) is 0 Å². The molecule has 0 aliphatic rings. The second kappa shape index (κ2) is 6.63. The molecule has 0 radical (unpaired) electrons. The first-order valence-corrected chi connectivity index (χ1v) is 5.61. The zero-order valence-corrected chi connectivity index (χ0v) is 11.4. The van der Waals surface area contributed by atoms with Crippen LogP contribution in [0.2, 0.25) is 0 Å². The highest BCUT2D eigenvalue weighted by Gasteiger charge is 2.16. The molecule has 0 aliphatic heterocycles. The molecule has 0 bridgehead atoms. The van der Waals surface area contributed by atoms with Crippen molar-refractivity contribution in [3.05, 3.63) is 17.7 Å². The minimum Gasteiger partial charge on any atom is -0.493 e. The number of ketones is 1. The van der Waals surface area contributed by atoms with Crippen LogP contribution in [0, 0.1) is 0 Å². The lowest BCUT2D eigenvalue weighted by atomic mass is 10.1. The van der Waals surface area contributed by atoms with Gasteiger partial charge in [-0.05, 0) is 19.1 Å². The molecule has 0 saturated heterocycles. The van der Waals surface area contributed by atoms with E-state index in [0.717, 1.165) is 0 Å². The summed E-state index contributed by atoms with van der Waals surface area (Å²) in [6, 6.07) is 3.05. The molecule has 0 aromatic heterocycles. The molecule has 1 aromatic rings. The van der Waals surface area contributed by atoms with E-state index in [4.69, 9.17) is 14.2 Å². The van der Waals surface area contributed by atoms with Crippen LogP contribution in [0.25, 0.3) is 0 Å². The quantitative estimate of drug-likeness (QED) is 0.833. The number of hydrogen-bond acceptors (Lipinski definition) is 5. The number of ether oxygens (including phenoxy) is 3. The van der Waals surface area contributed by atoms with Gasteiger partial charge in [-0.15, -0.1) is 0 Å². The lowest BCUT2D eigenvalue weighted by Crippen LogP contribution is -2.28. The third-order valence-electron chi connectivity index (χ3n) is 2.42. The molecule has 0 unspecified atom stereocenters. The van der Waals surface area contributed by atoms with Gasteiger partial charge in [-0.3, -0.25) is 9.59 Å². The fraction of sp³-hybridized carbons (Fsp3) is 0.385. The summed E-state index contributed by atoms with van der Waals surface area (Å²) in [7, 11) is 4.42. The SMILES string of the molecule is COc1cc(C(=O)NCC(C)=O)cc(OC)c1OC. The Morgan fingerprint density at radius 2 is 1.58 bits per heavy atom. The first kappa shape index (κ1) is 14.8. The number of carbonyl (C=O) groups is 2. The van der Waals surface area contributed by atoms with Gasteiger partial charge in [0.05, 0.1) is 27.9 Å². The lowest BCUT2D eigenvalue weighted by Gasteiger charge is -2.13. The molecule has 0 aliphatic carbocycles. The third kappa shape index (κ3) is 3.61. The van der Waals surface area contributed by atoms with E-state index in [2.05, 4.69) is 5.32 Å². The number of methoxy groups -OCH3 is 3. The van der Waals surface area contributed by atoms with Gasteiger partial charge in [0.15, 0.2) is 11.5 Å². The molecule has 1 aromatic carbocycles. The van der Waals surface area contributed by atoms with E-state index in [1.165, 1.54) is 40.4 Å². The van der Waals surface area contributed by atoms with Crippen LogP contribution in [-0.4, -0.2) is 39.6 Å². The molecule has 6 heteroatoms. The van der Waals surface area contributed by atoms with E-state index in [1.807, 2.05) is 0 Å². The van der Waals surface area contributed by atoms with Crippen molar-refractivity contribution in [3.63, 3.8) is 0 Å². The van der Waals surface area contributed by atoms with E-state index >= 15 is 0 Å². The van der Waals surface area contributed by atoms with Crippen LogP contribution in [0.3, 0.4) is 0 Å². The van der Waals surface area contributed by atoms with Crippen molar-refractivity contribution in [2.75, 3.05) is 27.9 Å².